The van der Waals surface area contributed by atoms with E-state index < -0.39 is 0 Å². The molecule has 1 aliphatic rings. The molecule has 1 N–H and O–H groups in total. The van der Waals surface area contributed by atoms with Crippen LogP contribution in [0, 0.1) is 0 Å². The van der Waals surface area contributed by atoms with E-state index in [1.807, 2.05) is 0 Å². The summed E-state index contributed by atoms with van der Waals surface area (Å²) in [7, 11) is 0. The van der Waals surface area contributed by atoms with Crippen molar-refractivity contribution < 1.29 is 18.4 Å². The molecular formula is C20H14Cl2N2O4S. The number of benzene rings is 1. The minimum Gasteiger partial charge on any atom is -0.483 e. The molecule has 0 atom stereocenters. The zero-order valence-electron chi connectivity index (χ0n) is 14.9. The maximum Gasteiger partial charge on any atom is 0.277 e. The molecule has 0 radical (unpaired) electrons. The van der Waals surface area contributed by atoms with Crippen LogP contribution in [-0.4, -0.2) is 15.9 Å². The van der Waals surface area contributed by atoms with Crippen molar-refractivity contribution in [2.45, 2.75) is 13.2 Å². The zero-order valence-corrected chi connectivity index (χ0v) is 17.2. The zero-order chi connectivity index (χ0) is 20.4. The molecule has 0 spiro atoms. The van der Waals surface area contributed by atoms with Crippen LogP contribution in [0.4, 0.5) is 0 Å². The first-order valence-corrected chi connectivity index (χ1v) is 9.70. The van der Waals surface area contributed by atoms with Crippen molar-refractivity contribution in [3.8, 4) is 5.75 Å². The van der Waals surface area contributed by atoms with Gasteiger partial charge in [-0.2, -0.15) is 0 Å². The van der Waals surface area contributed by atoms with Crippen LogP contribution in [0.25, 0.3) is 6.08 Å². The maximum absolute atomic E-state index is 12.6. The maximum atomic E-state index is 12.6. The monoisotopic (exact) mass is 448 g/mol. The highest BCUT2D eigenvalue weighted by Crippen LogP contribution is 2.33. The number of furan rings is 2. The average Bonchev–Trinajstić information content (AvgIpc) is 3.41. The number of halogens is 2. The van der Waals surface area contributed by atoms with Crippen LogP contribution in [0.3, 0.4) is 0 Å². The van der Waals surface area contributed by atoms with E-state index in [1.54, 1.807) is 54.8 Å². The molecule has 1 saturated heterocycles. The number of nitrogens with one attached hydrogen (secondary N) is 1. The molecule has 0 aliphatic carbocycles. The largest absolute Gasteiger partial charge is 0.483 e. The van der Waals surface area contributed by atoms with Crippen molar-refractivity contribution in [3.63, 3.8) is 0 Å². The highest BCUT2D eigenvalue weighted by Gasteiger charge is 2.31. The summed E-state index contributed by atoms with van der Waals surface area (Å²) in [6, 6.07) is 12.1. The van der Waals surface area contributed by atoms with Gasteiger partial charge in [0.05, 0.1) is 22.9 Å². The van der Waals surface area contributed by atoms with E-state index in [-0.39, 0.29) is 19.1 Å². The number of para-hydroxylation sites is 1. The summed E-state index contributed by atoms with van der Waals surface area (Å²) in [4.78, 5) is 14.0. The van der Waals surface area contributed by atoms with Gasteiger partial charge in [-0.15, -0.1) is 0 Å². The molecule has 29 heavy (non-hydrogen) atoms. The standard InChI is InChI=1S/C20H14Cl2N2O4S/c21-15-4-1-5-16(22)18(15)27-11-14-7-6-12(28-14)9-17-19(25)24(20(29)23-17)10-13-3-2-8-26-13/h1-9H,10-11H2,(H,23,29)/b17-9+. The van der Waals surface area contributed by atoms with Crippen LogP contribution < -0.4 is 10.1 Å². The van der Waals surface area contributed by atoms with E-state index in [9.17, 15) is 4.79 Å². The predicted octanol–water partition coefficient (Wildman–Crippen LogP) is 5.02. The summed E-state index contributed by atoms with van der Waals surface area (Å²) in [6.07, 6.45) is 3.13. The molecule has 6 nitrogen and oxygen atoms in total. The Morgan fingerprint density at radius 2 is 1.90 bits per heavy atom. The van der Waals surface area contributed by atoms with Crippen LogP contribution in [0.2, 0.25) is 10.0 Å². The van der Waals surface area contributed by atoms with E-state index in [0.29, 0.717) is 43.9 Å². The SMILES string of the molecule is O=C1/C(=C\c2ccc(COc3c(Cl)cccc3Cl)o2)NC(=S)N1Cc1ccco1. The van der Waals surface area contributed by atoms with Gasteiger partial charge < -0.3 is 18.9 Å². The Hall–Kier alpha value is -2.74. The van der Waals surface area contributed by atoms with Gasteiger partial charge in [-0.3, -0.25) is 9.69 Å². The normalized spacial score (nSPS) is 15.2. The van der Waals surface area contributed by atoms with Crippen molar-refractivity contribution in [2.24, 2.45) is 0 Å². The molecule has 1 aromatic carbocycles. The van der Waals surface area contributed by atoms with Crippen LogP contribution >= 0.6 is 35.4 Å². The smallest absolute Gasteiger partial charge is 0.277 e. The van der Waals surface area contributed by atoms with Crippen LogP contribution in [0.1, 0.15) is 17.3 Å². The summed E-state index contributed by atoms with van der Waals surface area (Å²) in [5, 5.41) is 4.03. The van der Waals surface area contributed by atoms with Crippen LogP contribution in [0.15, 0.2) is 63.3 Å². The fourth-order valence-electron chi connectivity index (χ4n) is 2.73. The number of thiocarbonyl (C=S) groups is 1. The average molecular weight is 449 g/mol. The number of carbonyl (C=O) groups excluding carboxylic acids is 1. The minimum absolute atomic E-state index is 0.136. The first kappa shape index (κ1) is 19.6. The Morgan fingerprint density at radius 3 is 2.62 bits per heavy atom. The number of nitrogens with zero attached hydrogens (tertiary/aromatic N) is 1. The predicted molar refractivity (Wildman–Crippen MR) is 112 cm³/mol. The van der Waals surface area contributed by atoms with E-state index in [0.717, 1.165) is 0 Å². The Morgan fingerprint density at radius 1 is 1.10 bits per heavy atom. The molecule has 3 heterocycles. The van der Waals surface area contributed by atoms with Crippen molar-refractivity contribution >= 4 is 52.5 Å². The lowest BCUT2D eigenvalue weighted by molar-refractivity contribution is -0.122. The van der Waals surface area contributed by atoms with Gasteiger partial charge >= 0.3 is 0 Å². The molecule has 1 fully saturated rings. The summed E-state index contributed by atoms with van der Waals surface area (Å²) in [5.41, 5.74) is 0.317. The van der Waals surface area contributed by atoms with Gasteiger partial charge in [0.15, 0.2) is 10.9 Å². The number of ether oxygens (including phenoxy) is 1. The van der Waals surface area contributed by atoms with Crippen LogP contribution in [0.5, 0.6) is 5.75 Å². The van der Waals surface area contributed by atoms with Crippen LogP contribution in [-0.2, 0) is 17.9 Å². The van der Waals surface area contributed by atoms with Gasteiger partial charge in [0.1, 0.15) is 29.6 Å². The van der Waals surface area contributed by atoms with E-state index >= 15 is 0 Å². The second-order valence-electron chi connectivity index (χ2n) is 6.10. The van der Waals surface area contributed by atoms with Crippen molar-refractivity contribution in [2.75, 3.05) is 0 Å². The highest BCUT2D eigenvalue weighted by atomic mass is 35.5. The molecule has 148 valence electrons. The first-order valence-electron chi connectivity index (χ1n) is 8.54. The quantitative estimate of drug-likeness (QED) is 0.421. The number of carbonyl (C=O) groups is 1. The number of rotatable bonds is 6. The Bertz CT molecular complexity index is 1070. The molecule has 0 saturated carbocycles. The van der Waals surface area contributed by atoms with Gasteiger partial charge in [-0.25, -0.2) is 0 Å². The molecule has 9 heteroatoms. The Balaban J connectivity index is 1.43. The lowest BCUT2D eigenvalue weighted by Crippen LogP contribution is -2.29. The molecule has 0 unspecified atom stereocenters. The topological polar surface area (TPSA) is 67.8 Å². The van der Waals surface area contributed by atoms with E-state index in [2.05, 4.69) is 5.32 Å². The lowest BCUT2D eigenvalue weighted by atomic mass is 10.3. The van der Waals surface area contributed by atoms with Crippen molar-refractivity contribution in [1.29, 1.82) is 0 Å². The highest BCUT2D eigenvalue weighted by molar-refractivity contribution is 7.80. The van der Waals surface area contributed by atoms with Gasteiger partial charge in [-0.05, 0) is 48.6 Å². The van der Waals surface area contributed by atoms with E-state index in [4.69, 9.17) is 49.0 Å². The van der Waals surface area contributed by atoms with Gasteiger partial charge in [0, 0.05) is 6.08 Å². The number of hydrogen-bond acceptors (Lipinski definition) is 5. The third-order valence-corrected chi connectivity index (χ3v) is 5.02. The minimum atomic E-state index is -0.261. The summed E-state index contributed by atoms with van der Waals surface area (Å²) < 4.78 is 16.6. The van der Waals surface area contributed by atoms with Crippen molar-refractivity contribution in [1.82, 2.24) is 10.2 Å². The third kappa shape index (κ3) is 4.32. The second-order valence-corrected chi connectivity index (χ2v) is 7.30. The third-order valence-electron chi connectivity index (χ3n) is 4.10. The lowest BCUT2D eigenvalue weighted by Gasteiger charge is -2.11. The molecule has 0 bridgehead atoms. The van der Waals surface area contributed by atoms with E-state index in [1.165, 1.54) is 4.90 Å². The second kappa shape index (κ2) is 8.32. The summed E-state index contributed by atoms with van der Waals surface area (Å²) in [5.74, 6) is 1.79. The van der Waals surface area contributed by atoms with Gasteiger partial charge in [0.2, 0.25) is 0 Å². The summed E-state index contributed by atoms with van der Waals surface area (Å²) in [6.45, 7) is 0.391. The molecule has 4 rings (SSSR count). The number of amides is 1. The molecule has 1 amide bonds. The number of hydrogen-bond donors (Lipinski definition) is 1. The Labute approximate surface area is 181 Å². The van der Waals surface area contributed by atoms with Gasteiger partial charge in [-0.1, -0.05) is 29.3 Å². The fourth-order valence-corrected chi connectivity index (χ4v) is 3.49. The van der Waals surface area contributed by atoms with Crippen molar-refractivity contribution in [3.05, 3.63) is 81.8 Å². The Kier molecular flexibility index (Phi) is 5.62. The fraction of sp³-hybridized carbons (Fsp3) is 0.100. The first-order chi connectivity index (χ1) is 14.0. The summed E-state index contributed by atoms with van der Waals surface area (Å²) >= 11 is 17.4. The molecule has 2 aromatic heterocycles. The molecular weight excluding hydrogens is 435 g/mol. The van der Waals surface area contributed by atoms with Gasteiger partial charge in [0.25, 0.3) is 5.91 Å². The molecule has 3 aromatic rings. The molecule has 1 aliphatic heterocycles.